The number of ether oxygens (including phenoxy) is 3. The van der Waals surface area contributed by atoms with Gasteiger partial charge in [0.1, 0.15) is 0 Å². The van der Waals surface area contributed by atoms with E-state index < -0.39 is 17.9 Å². The highest BCUT2D eigenvalue weighted by atomic mass is 16.5. The molecular weight excluding hydrogens is 498 g/mol. The van der Waals surface area contributed by atoms with Gasteiger partial charge in [-0.3, -0.25) is 0 Å². The third-order valence-electron chi connectivity index (χ3n) is 6.28. The molecule has 39 heavy (non-hydrogen) atoms. The molecule has 198 valence electrons. The number of hydrogen-bond donors (Lipinski definition) is 3. The van der Waals surface area contributed by atoms with Gasteiger partial charge in [0.2, 0.25) is 0 Å². The normalized spacial score (nSPS) is 10.5. The molecule has 0 fully saturated rings. The van der Waals surface area contributed by atoms with Gasteiger partial charge >= 0.3 is 17.9 Å². The van der Waals surface area contributed by atoms with Gasteiger partial charge in [-0.1, -0.05) is 18.2 Å². The summed E-state index contributed by atoms with van der Waals surface area (Å²) in [5.74, 6) is -1.50. The number of anilines is 3. The lowest BCUT2D eigenvalue weighted by molar-refractivity contribution is 0.0592. The molecule has 0 spiro atoms. The van der Waals surface area contributed by atoms with Gasteiger partial charge in [-0.2, -0.15) is 0 Å². The molecule has 9 heteroatoms. The quantitative estimate of drug-likeness (QED) is 0.183. The predicted molar refractivity (Wildman–Crippen MR) is 150 cm³/mol. The van der Waals surface area contributed by atoms with Gasteiger partial charge in [0, 0.05) is 33.8 Å². The van der Waals surface area contributed by atoms with Crippen LogP contribution in [-0.2, 0) is 14.2 Å². The minimum Gasteiger partial charge on any atom is -0.465 e. The van der Waals surface area contributed by atoms with E-state index in [0.717, 1.165) is 16.7 Å². The van der Waals surface area contributed by atoms with E-state index in [4.69, 9.17) is 31.4 Å². The topological polar surface area (TPSA) is 157 Å². The summed E-state index contributed by atoms with van der Waals surface area (Å²) in [6, 6.07) is 20.4. The van der Waals surface area contributed by atoms with Crippen molar-refractivity contribution < 1.29 is 28.6 Å². The zero-order valence-corrected chi connectivity index (χ0v) is 21.6. The van der Waals surface area contributed by atoms with Crippen molar-refractivity contribution in [1.29, 1.82) is 0 Å². The summed E-state index contributed by atoms with van der Waals surface area (Å²) >= 11 is 0. The van der Waals surface area contributed by atoms with E-state index in [1.165, 1.54) is 21.3 Å². The highest BCUT2D eigenvalue weighted by molar-refractivity contribution is 5.97. The SMILES string of the molecule is COC(=O)c1ccc(-c2cc(-c3ccc(C(=O)OC)cc3N)cc(-c3ccc(C(=O)OC)cc3N)c2)c(N)c1. The third kappa shape index (κ3) is 5.37. The lowest BCUT2D eigenvalue weighted by atomic mass is 9.90. The molecule has 0 heterocycles. The highest BCUT2D eigenvalue weighted by Gasteiger charge is 2.16. The monoisotopic (exact) mass is 525 g/mol. The second-order valence-electron chi connectivity index (χ2n) is 8.68. The van der Waals surface area contributed by atoms with E-state index in [9.17, 15) is 14.4 Å². The molecule has 4 aromatic carbocycles. The molecule has 4 rings (SSSR count). The van der Waals surface area contributed by atoms with Crippen LogP contribution in [0.1, 0.15) is 31.1 Å². The number of carbonyl (C=O) groups is 3. The zero-order valence-electron chi connectivity index (χ0n) is 21.6. The number of nitrogens with two attached hydrogens (primary N) is 3. The molecule has 4 aromatic rings. The van der Waals surface area contributed by atoms with Crippen LogP contribution >= 0.6 is 0 Å². The number of benzene rings is 4. The van der Waals surface area contributed by atoms with Gasteiger partial charge < -0.3 is 31.4 Å². The Morgan fingerprint density at radius 3 is 0.923 bits per heavy atom. The van der Waals surface area contributed by atoms with Crippen molar-refractivity contribution in [1.82, 2.24) is 0 Å². The van der Waals surface area contributed by atoms with Crippen LogP contribution in [0.3, 0.4) is 0 Å². The van der Waals surface area contributed by atoms with Crippen LogP contribution in [0.15, 0.2) is 72.8 Å². The Hall–Kier alpha value is -5.31. The summed E-state index contributed by atoms with van der Waals surface area (Å²) < 4.78 is 14.4. The average Bonchev–Trinajstić information content (AvgIpc) is 2.95. The summed E-state index contributed by atoms with van der Waals surface area (Å²) in [7, 11) is 3.90. The molecule has 0 unspecified atom stereocenters. The fourth-order valence-corrected chi connectivity index (χ4v) is 4.31. The van der Waals surface area contributed by atoms with E-state index >= 15 is 0 Å². The first-order valence-corrected chi connectivity index (χ1v) is 11.8. The first-order chi connectivity index (χ1) is 18.7. The highest BCUT2D eigenvalue weighted by Crippen LogP contribution is 2.39. The van der Waals surface area contributed by atoms with E-state index in [2.05, 4.69) is 0 Å². The van der Waals surface area contributed by atoms with Crippen LogP contribution in [0.5, 0.6) is 0 Å². The second-order valence-corrected chi connectivity index (χ2v) is 8.68. The maximum atomic E-state index is 12.0. The van der Waals surface area contributed by atoms with Crippen LogP contribution in [0.2, 0.25) is 0 Å². The van der Waals surface area contributed by atoms with Gasteiger partial charge in [0.05, 0.1) is 38.0 Å². The number of rotatable bonds is 6. The minimum atomic E-state index is -0.500. The van der Waals surface area contributed by atoms with Crippen molar-refractivity contribution in [2.24, 2.45) is 0 Å². The molecule has 0 saturated carbocycles. The zero-order chi connectivity index (χ0) is 28.3. The Labute approximate surface area is 225 Å². The van der Waals surface area contributed by atoms with Crippen molar-refractivity contribution >= 4 is 35.0 Å². The molecule has 0 radical (unpaired) electrons. The van der Waals surface area contributed by atoms with Crippen molar-refractivity contribution in [2.45, 2.75) is 0 Å². The number of nitrogen functional groups attached to an aromatic ring is 3. The van der Waals surface area contributed by atoms with Gasteiger partial charge in [0.25, 0.3) is 0 Å². The fraction of sp³-hybridized carbons (Fsp3) is 0.100. The first-order valence-electron chi connectivity index (χ1n) is 11.8. The van der Waals surface area contributed by atoms with Crippen LogP contribution in [0, 0.1) is 0 Å². The Morgan fingerprint density at radius 1 is 0.462 bits per heavy atom. The van der Waals surface area contributed by atoms with Crippen LogP contribution in [-0.4, -0.2) is 39.2 Å². The molecule has 0 saturated heterocycles. The van der Waals surface area contributed by atoms with Gasteiger partial charge in [-0.05, 0) is 71.3 Å². The Bertz CT molecular complexity index is 1410. The summed E-state index contributed by atoms with van der Waals surface area (Å²) in [5.41, 5.74) is 25.3. The van der Waals surface area contributed by atoms with Crippen LogP contribution < -0.4 is 17.2 Å². The van der Waals surface area contributed by atoms with E-state index in [1.807, 2.05) is 18.2 Å². The molecule has 0 aliphatic rings. The number of hydrogen-bond acceptors (Lipinski definition) is 9. The maximum absolute atomic E-state index is 12.0. The molecule has 0 atom stereocenters. The van der Waals surface area contributed by atoms with E-state index in [0.29, 0.717) is 50.4 Å². The summed E-state index contributed by atoms with van der Waals surface area (Å²) in [6.45, 7) is 0. The Morgan fingerprint density at radius 2 is 0.718 bits per heavy atom. The molecule has 0 aromatic heterocycles. The average molecular weight is 526 g/mol. The molecule has 0 amide bonds. The third-order valence-corrected chi connectivity index (χ3v) is 6.28. The standard InChI is InChI=1S/C30H27N3O6/c1-37-28(34)16-4-7-22(25(31)13-16)19-10-20(23-8-5-17(14-26(23)32)29(35)38-2)12-21(11-19)24-9-6-18(15-27(24)33)30(36)39-3/h4-15H,31-33H2,1-3H3. The second kappa shape index (κ2) is 11.0. The molecular formula is C30H27N3O6. The largest absolute Gasteiger partial charge is 0.465 e. The van der Waals surface area contributed by atoms with Crippen molar-refractivity contribution in [3.05, 3.63) is 89.5 Å². The molecule has 0 bridgehead atoms. The number of esters is 3. The Kier molecular flexibility index (Phi) is 7.53. The van der Waals surface area contributed by atoms with E-state index in [-0.39, 0.29) is 0 Å². The van der Waals surface area contributed by atoms with Crippen molar-refractivity contribution in [2.75, 3.05) is 38.5 Å². The molecule has 0 aliphatic carbocycles. The molecule has 6 N–H and O–H groups in total. The fourth-order valence-electron chi connectivity index (χ4n) is 4.31. The van der Waals surface area contributed by atoms with E-state index in [1.54, 1.807) is 54.6 Å². The lowest BCUT2D eigenvalue weighted by Crippen LogP contribution is -2.04. The van der Waals surface area contributed by atoms with Gasteiger partial charge in [-0.25, -0.2) is 14.4 Å². The lowest BCUT2D eigenvalue weighted by Gasteiger charge is -2.16. The van der Waals surface area contributed by atoms with Crippen molar-refractivity contribution in [3.63, 3.8) is 0 Å². The van der Waals surface area contributed by atoms with Crippen molar-refractivity contribution in [3.8, 4) is 33.4 Å². The minimum absolute atomic E-state index is 0.320. The first kappa shape index (κ1) is 26.7. The molecule has 9 nitrogen and oxygen atoms in total. The van der Waals surface area contributed by atoms with Crippen LogP contribution in [0.4, 0.5) is 17.1 Å². The predicted octanol–water partition coefficient (Wildman–Crippen LogP) is 4.79. The summed E-state index contributed by atoms with van der Waals surface area (Å²) in [6.07, 6.45) is 0. The Balaban J connectivity index is 1.92. The van der Waals surface area contributed by atoms with Gasteiger partial charge in [-0.15, -0.1) is 0 Å². The number of carbonyl (C=O) groups excluding carboxylic acids is 3. The van der Waals surface area contributed by atoms with Crippen LogP contribution in [0.25, 0.3) is 33.4 Å². The maximum Gasteiger partial charge on any atom is 0.337 e. The van der Waals surface area contributed by atoms with Gasteiger partial charge in [0.15, 0.2) is 0 Å². The smallest absolute Gasteiger partial charge is 0.337 e. The molecule has 0 aliphatic heterocycles. The summed E-state index contributed by atoms with van der Waals surface area (Å²) in [5, 5.41) is 0. The summed E-state index contributed by atoms with van der Waals surface area (Å²) in [4.78, 5) is 36.0. The number of methoxy groups -OCH3 is 3.